The van der Waals surface area contributed by atoms with Crippen LogP contribution in [0.5, 0.6) is 0 Å². The molecule has 1 aromatic carbocycles. The number of aliphatic hydroxyl groups excluding tert-OH is 1. The Kier molecular flexibility index (Phi) is 5.42. The summed E-state index contributed by atoms with van der Waals surface area (Å²) < 4.78 is 1.05. The predicted octanol–water partition coefficient (Wildman–Crippen LogP) is 2.06. The molecule has 5 N–H and O–H groups in total. The Balaban J connectivity index is 1.85. The summed E-state index contributed by atoms with van der Waals surface area (Å²) in [4.78, 5) is 4.16. The van der Waals surface area contributed by atoms with Gasteiger partial charge in [0.1, 0.15) is 0 Å². The molecule has 108 valence electrons. The minimum atomic E-state index is -0.553. The second-order valence-corrected chi connectivity index (χ2v) is 6.98. The van der Waals surface area contributed by atoms with E-state index in [-0.39, 0.29) is 6.04 Å². The van der Waals surface area contributed by atoms with Crippen molar-refractivity contribution in [2.75, 3.05) is 11.5 Å². The van der Waals surface area contributed by atoms with Gasteiger partial charge in [-0.3, -0.25) is 0 Å². The third-order valence-corrected chi connectivity index (χ3v) is 5.41. The average molecular weight is 309 g/mol. The minimum Gasteiger partial charge on any atom is -0.391 e. The number of benzene rings is 1. The van der Waals surface area contributed by atoms with Gasteiger partial charge in [-0.2, -0.15) is 0 Å². The topological polar surface area (TPSA) is 85.2 Å². The fourth-order valence-electron chi connectivity index (χ4n) is 1.84. The highest BCUT2D eigenvalue weighted by Gasteiger charge is 2.17. The van der Waals surface area contributed by atoms with Crippen LogP contribution in [0.1, 0.15) is 11.3 Å². The highest BCUT2D eigenvalue weighted by Crippen LogP contribution is 2.31. The Bertz CT molecular complexity index is 545. The van der Waals surface area contributed by atoms with Gasteiger partial charge in [0.05, 0.1) is 16.0 Å². The van der Waals surface area contributed by atoms with Crippen LogP contribution in [-0.2, 0) is 6.42 Å². The second kappa shape index (κ2) is 7.08. The Morgan fingerprint density at radius 3 is 2.65 bits per heavy atom. The Labute approximate surface area is 127 Å². The molecule has 0 bridgehead atoms. The molecule has 0 aliphatic rings. The van der Waals surface area contributed by atoms with Crippen LogP contribution in [0.2, 0.25) is 0 Å². The molecule has 4 nitrogen and oxygen atoms in total. The van der Waals surface area contributed by atoms with E-state index in [1.807, 2.05) is 37.3 Å². The number of aromatic nitrogens is 1. The molecule has 0 aliphatic carbocycles. The summed E-state index contributed by atoms with van der Waals surface area (Å²) in [5.41, 5.74) is 13.8. The largest absolute Gasteiger partial charge is 0.391 e. The lowest BCUT2D eigenvalue weighted by Gasteiger charge is -2.18. The van der Waals surface area contributed by atoms with E-state index in [2.05, 4.69) is 4.98 Å². The Morgan fingerprint density at radius 2 is 2.05 bits per heavy atom. The Hall–Kier alpha value is -1.08. The van der Waals surface area contributed by atoms with Crippen molar-refractivity contribution in [1.82, 2.24) is 4.98 Å². The highest BCUT2D eigenvalue weighted by atomic mass is 32.2. The van der Waals surface area contributed by atoms with Gasteiger partial charge in [-0.25, -0.2) is 4.98 Å². The fraction of sp³-hybridized carbons (Fsp3) is 0.357. The van der Waals surface area contributed by atoms with Gasteiger partial charge in [0, 0.05) is 11.8 Å². The molecule has 0 spiro atoms. The van der Waals surface area contributed by atoms with Crippen LogP contribution in [0.4, 0.5) is 5.13 Å². The molecular weight excluding hydrogens is 290 g/mol. The van der Waals surface area contributed by atoms with Crippen LogP contribution in [0.3, 0.4) is 0 Å². The molecule has 0 amide bonds. The van der Waals surface area contributed by atoms with E-state index >= 15 is 0 Å². The van der Waals surface area contributed by atoms with E-state index in [1.165, 1.54) is 11.3 Å². The van der Waals surface area contributed by atoms with Gasteiger partial charge >= 0.3 is 0 Å². The van der Waals surface area contributed by atoms with Gasteiger partial charge in [-0.1, -0.05) is 41.7 Å². The maximum atomic E-state index is 10.1. The molecule has 0 saturated carbocycles. The lowest BCUT2D eigenvalue weighted by atomic mass is 10.0. The van der Waals surface area contributed by atoms with Crippen molar-refractivity contribution >= 4 is 28.2 Å². The van der Waals surface area contributed by atoms with Gasteiger partial charge in [-0.15, -0.1) is 11.8 Å². The van der Waals surface area contributed by atoms with Crippen LogP contribution in [0, 0.1) is 6.92 Å². The lowest BCUT2D eigenvalue weighted by molar-refractivity contribution is 0.168. The molecule has 1 heterocycles. The van der Waals surface area contributed by atoms with Crippen molar-refractivity contribution in [3.8, 4) is 0 Å². The lowest BCUT2D eigenvalue weighted by Crippen LogP contribution is -2.38. The maximum Gasteiger partial charge on any atom is 0.181 e. The monoisotopic (exact) mass is 309 g/mol. The standard InChI is InChI=1S/C14H19N3OS2/c1-9-13(20-14(16)17-9)19-8-12(18)11(15)7-10-5-3-2-4-6-10/h2-6,11-12,18H,7-8,15H2,1H3,(H2,16,17). The first-order valence-corrected chi connectivity index (χ1v) is 8.19. The Morgan fingerprint density at radius 1 is 1.35 bits per heavy atom. The fourth-order valence-corrected chi connectivity index (χ4v) is 3.93. The third kappa shape index (κ3) is 4.21. The molecular formula is C14H19N3OS2. The number of nitrogens with two attached hydrogens (primary N) is 2. The number of nitrogens with zero attached hydrogens (tertiary/aromatic N) is 1. The van der Waals surface area contributed by atoms with Crippen LogP contribution in [0.15, 0.2) is 34.5 Å². The van der Waals surface area contributed by atoms with E-state index in [1.54, 1.807) is 11.8 Å². The first-order valence-electron chi connectivity index (χ1n) is 6.39. The predicted molar refractivity (Wildman–Crippen MR) is 86.1 cm³/mol. The van der Waals surface area contributed by atoms with Gasteiger partial charge in [0.25, 0.3) is 0 Å². The first-order chi connectivity index (χ1) is 9.56. The summed E-state index contributed by atoms with van der Waals surface area (Å²) >= 11 is 3.01. The summed E-state index contributed by atoms with van der Waals surface area (Å²) in [5.74, 6) is 0.552. The molecule has 2 unspecified atom stereocenters. The number of aryl methyl sites for hydroxylation is 1. The van der Waals surface area contributed by atoms with Crippen molar-refractivity contribution in [1.29, 1.82) is 0 Å². The number of nitrogen functional groups attached to an aromatic ring is 1. The molecule has 20 heavy (non-hydrogen) atoms. The number of anilines is 1. The third-order valence-electron chi connectivity index (χ3n) is 2.96. The molecule has 1 aromatic heterocycles. The zero-order valence-corrected chi connectivity index (χ0v) is 13.0. The normalized spacial score (nSPS) is 14.2. The van der Waals surface area contributed by atoms with Crippen molar-refractivity contribution in [3.63, 3.8) is 0 Å². The maximum absolute atomic E-state index is 10.1. The highest BCUT2D eigenvalue weighted by molar-refractivity contribution is 8.01. The molecule has 0 aliphatic heterocycles. The summed E-state index contributed by atoms with van der Waals surface area (Å²) in [6, 6.07) is 9.70. The summed E-state index contributed by atoms with van der Waals surface area (Å²) in [7, 11) is 0. The van der Waals surface area contributed by atoms with Crippen LogP contribution in [0.25, 0.3) is 0 Å². The quantitative estimate of drug-likeness (QED) is 0.711. The number of thioether (sulfide) groups is 1. The van der Waals surface area contributed by atoms with Gasteiger partial charge in [0.2, 0.25) is 0 Å². The van der Waals surface area contributed by atoms with E-state index in [0.29, 0.717) is 17.3 Å². The number of hydrogen-bond acceptors (Lipinski definition) is 6. The van der Waals surface area contributed by atoms with Crippen molar-refractivity contribution in [3.05, 3.63) is 41.6 Å². The van der Waals surface area contributed by atoms with E-state index < -0.39 is 6.10 Å². The van der Waals surface area contributed by atoms with Crippen molar-refractivity contribution in [2.45, 2.75) is 29.7 Å². The second-order valence-electron chi connectivity index (χ2n) is 4.66. The van der Waals surface area contributed by atoms with Gasteiger partial charge in [0.15, 0.2) is 5.13 Å². The number of aliphatic hydroxyl groups is 1. The van der Waals surface area contributed by atoms with Crippen LogP contribution in [-0.4, -0.2) is 28.0 Å². The van der Waals surface area contributed by atoms with Crippen LogP contribution < -0.4 is 11.5 Å². The molecule has 2 rings (SSSR count). The molecule has 6 heteroatoms. The number of thiazole rings is 1. The molecule has 0 saturated heterocycles. The molecule has 2 aromatic rings. The van der Waals surface area contributed by atoms with Crippen molar-refractivity contribution < 1.29 is 5.11 Å². The summed E-state index contributed by atoms with van der Waals surface area (Å²) in [5, 5.41) is 10.7. The summed E-state index contributed by atoms with van der Waals surface area (Å²) in [6.45, 7) is 1.92. The molecule has 0 fully saturated rings. The summed E-state index contributed by atoms with van der Waals surface area (Å²) in [6.07, 6.45) is 0.120. The molecule has 2 atom stereocenters. The number of rotatable bonds is 6. The van der Waals surface area contributed by atoms with Gasteiger partial charge < -0.3 is 16.6 Å². The molecule has 0 radical (unpaired) electrons. The zero-order valence-electron chi connectivity index (χ0n) is 11.3. The number of hydrogen-bond donors (Lipinski definition) is 3. The SMILES string of the molecule is Cc1nc(N)sc1SCC(O)C(N)Cc1ccccc1. The van der Waals surface area contributed by atoms with E-state index in [0.717, 1.165) is 15.5 Å². The minimum absolute atomic E-state index is 0.268. The average Bonchev–Trinajstić information content (AvgIpc) is 2.75. The van der Waals surface area contributed by atoms with Crippen LogP contribution >= 0.6 is 23.1 Å². The van der Waals surface area contributed by atoms with Gasteiger partial charge in [-0.05, 0) is 18.9 Å². The zero-order chi connectivity index (χ0) is 14.5. The van der Waals surface area contributed by atoms with E-state index in [4.69, 9.17) is 11.5 Å². The van der Waals surface area contributed by atoms with Crippen molar-refractivity contribution in [2.24, 2.45) is 5.73 Å². The van der Waals surface area contributed by atoms with E-state index in [9.17, 15) is 5.11 Å². The smallest absolute Gasteiger partial charge is 0.181 e. The first kappa shape index (κ1) is 15.3.